The Morgan fingerprint density at radius 1 is 1.33 bits per heavy atom. The first-order valence-electron chi connectivity index (χ1n) is 5.71. The van der Waals surface area contributed by atoms with Crippen molar-refractivity contribution in [3.05, 3.63) is 33.8 Å². The van der Waals surface area contributed by atoms with Crippen molar-refractivity contribution >= 4 is 29.2 Å². The van der Waals surface area contributed by atoms with E-state index in [0.717, 1.165) is 5.56 Å². The minimum atomic E-state index is -0.0932. The molecule has 0 spiro atoms. The first-order chi connectivity index (χ1) is 8.66. The van der Waals surface area contributed by atoms with Crippen molar-refractivity contribution < 1.29 is 9.53 Å². The summed E-state index contributed by atoms with van der Waals surface area (Å²) in [6.07, 6.45) is 0. The zero-order valence-electron chi connectivity index (χ0n) is 9.79. The van der Waals surface area contributed by atoms with Crippen LogP contribution in [0.4, 0.5) is 4.79 Å². The summed E-state index contributed by atoms with van der Waals surface area (Å²) in [7, 11) is 0. The fourth-order valence-electron chi connectivity index (χ4n) is 1.71. The van der Waals surface area contributed by atoms with Crippen LogP contribution >= 0.6 is 23.2 Å². The molecular formula is C12H14Cl2N2O2. The fourth-order valence-corrected chi connectivity index (χ4v) is 2.19. The maximum Gasteiger partial charge on any atom is 0.317 e. The Bertz CT molecular complexity index is 434. The molecule has 0 saturated carbocycles. The molecule has 1 N–H and O–H groups in total. The molecule has 0 unspecified atom stereocenters. The van der Waals surface area contributed by atoms with Crippen molar-refractivity contribution in [2.24, 2.45) is 0 Å². The molecular weight excluding hydrogens is 275 g/mol. The van der Waals surface area contributed by atoms with Gasteiger partial charge in [0.2, 0.25) is 0 Å². The maximum absolute atomic E-state index is 11.8. The summed E-state index contributed by atoms with van der Waals surface area (Å²) in [4.78, 5) is 13.6. The van der Waals surface area contributed by atoms with Crippen LogP contribution in [0.1, 0.15) is 5.56 Å². The number of urea groups is 1. The SMILES string of the molecule is O=C(NCc1ccc(Cl)cc1Cl)N1CCOCC1. The van der Waals surface area contributed by atoms with Crippen molar-refractivity contribution in [3.63, 3.8) is 0 Å². The van der Waals surface area contributed by atoms with Crippen LogP contribution in [0, 0.1) is 0 Å². The number of carbonyl (C=O) groups excluding carboxylic acids is 1. The van der Waals surface area contributed by atoms with E-state index in [1.807, 2.05) is 6.07 Å². The highest BCUT2D eigenvalue weighted by atomic mass is 35.5. The molecule has 0 aromatic heterocycles. The number of morpholine rings is 1. The predicted molar refractivity (Wildman–Crippen MR) is 71.1 cm³/mol. The van der Waals surface area contributed by atoms with E-state index in [0.29, 0.717) is 42.9 Å². The Labute approximate surface area is 116 Å². The van der Waals surface area contributed by atoms with E-state index in [9.17, 15) is 4.79 Å². The lowest BCUT2D eigenvalue weighted by atomic mass is 10.2. The number of hydrogen-bond donors (Lipinski definition) is 1. The first kappa shape index (κ1) is 13.5. The smallest absolute Gasteiger partial charge is 0.317 e. The standard InChI is InChI=1S/C12H14Cl2N2O2/c13-10-2-1-9(11(14)7-10)8-15-12(17)16-3-5-18-6-4-16/h1-2,7H,3-6,8H2,(H,15,17). The molecule has 4 nitrogen and oxygen atoms in total. The molecule has 18 heavy (non-hydrogen) atoms. The van der Waals surface area contributed by atoms with Crippen LogP contribution in [0.3, 0.4) is 0 Å². The summed E-state index contributed by atoms with van der Waals surface area (Å²) in [6.45, 7) is 2.83. The Morgan fingerprint density at radius 2 is 2.06 bits per heavy atom. The minimum absolute atomic E-state index is 0.0932. The number of ether oxygens (including phenoxy) is 1. The highest BCUT2D eigenvalue weighted by molar-refractivity contribution is 6.35. The summed E-state index contributed by atoms with van der Waals surface area (Å²) in [5, 5.41) is 3.98. The van der Waals surface area contributed by atoms with Gasteiger partial charge in [0.25, 0.3) is 0 Å². The van der Waals surface area contributed by atoms with Gasteiger partial charge in [0.1, 0.15) is 0 Å². The van der Waals surface area contributed by atoms with Crippen LogP contribution < -0.4 is 5.32 Å². The van der Waals surface area contributed by atoms with E-state index >= 15 is 0 Å². The predicted octanol–water partition coefficient (Wildman–Crippen LogP) is 2.54. The Hall–Kier alpha value is -0.970. The third-order valence-electron chi connectivity index (χ3n) is 2.74. The van der Waals surface area contributed by atoms with Gasteiger partial charge in [-0.2, -0.15) is 0 Å². The average molecular weight is 289 g/mol. The number of nitrogens with one attached hydrogen (secondary N) is 1. The summed E-state index contributed by atoms with van der Waals surface area (Å²) < 4.78 is 5.19. The van der Waals surface area contributed by atoms with Crippen molar-refractivity contribution in [1.29, 1.82) is 0 Å². The molecule has 1 aromatic rings. The molecule has 0 aliphatic carbocycles. The number of rotatable bonds is 2. The fraction of sp³-hybridized carbons (Fsp3) is 0.417. The molecule has 0 radical (unpaired) electrons. The van der Waals surface area contributed by atoms with Gasteiger partial charge in [0.15, 0.2) is 0 Å². The van der Waals surface area contributed by atoms with Gasteiger partial charge in [-0.25, -0.2) is 4.79 Å². The van der Waals surface area contributed by atoms with Gasteiger partial charge in [0, 0.05) is 29.7 Å². The summed E-state index contributed by atoms with van der Waals surface area (Å²) in [5.41, 5.74) is 0.850. The lowest BCUT2D eigenvalue weighted by Gasteiger charge is -2.27. The summed E-state index contributed by atoms with van der Waals surface area (Å²) in [6, 6.07) is 5.14. The lowest BCUT2D eigenvalue weighted by molar-refractivity contribution is 0.0531. The van der Waals surface area contributed by atoms with Gasteiger partial charge < -0.3 is 15.0 Å². The van der Waals surface area contributed by atoms with E-state index in [2.05, 4.69) is 5.32 Å². The summed E-state index contributed by atoms with van der Waals surface area (Å²) in [5.74, 6) is 0. The second-order valence-electron chi connectivity index (χ2n) is 3.99. The molecule has 1 aromatic carbocycles. The molecule has 0 atom stereocenters. The number of benzene rings is 1. The highest BCUT2D eigenvalue weighted by Gasteiger charge is 2.16. The van der Waals surface area contributed by atoms with E-state index in [-0.39, 0.29) is 6.03 Å². The molecule has 1 aliphatic rings. The second-order valence-corrected chi connectivity index (χ2v) is 4.84. The van der Waals surface area contributed by atoms with Crippen LogP contribution in [0.15, 0.2) is 18.2 Å². The van der Waals surface area contributed by atoms with Gasteiger partial charge in [-0.15, -0.1) is 0 Å². The van der Waals surface area contributed by atoms with Gasteiger partial charge in [-0.1, -0.05) is 29.3 Å². The number of nitrogens with zero attached hydrogens (tertiary/aromatic N) is 1. The van der Waals surface area contributed by atoms with Crippen LogP contribution in [0.5, 0.6) is 0 Å². The third-order valence-corrected chi connectivity index (χ3v) is 3.33. The van der Waals surface area contributed by atoms with Gasteiger partial charge in [-0.3, -0.25) is 0 Å². The largest absolute Gasteiger partial charge is 0.378 e. The minimum Gasteiger partial charge on any atom is -0.378 e. The molecule has 1 aliphatic heterocycles. The third kappa shape index (κ3) is 3.51. The molecule has 6 heteroatoms. The second kappa shape index (κ2) is 6.27. The van der Waals surface area contributed by atoms with Crippen molar-refractivity contribution in [3.8, 4) is 0 Å². The zero-order chi connectivity index (χ0) is 13.0. The number of halogens is 2. The van der Waals surface area contributed by atoms with Crippen LogP contribution in [-0.2, 0) is 11.3 Å². The molecule has 98 valence electrons. The van der Waals surface area contributed by atoms with Gasteiger partial charge in [-0.05, 0) is 17.7 Å². The Balaban J connectivity index is 1.88. The average Bonchev–Trinajstić information content (AvgIpc) is 2.38. The number of carbonyl (C=O) groups is 1. The monoisotopic (exact) mass is 288 g/mol. The summed E-state index contributed by atoms with van der Waals surface area (Å²) >= 11 is 11.8. The van der Waals surface area contributed by atoms with Gasteiger partial charge in [0.05, 0.1) is 13.2 Å². The quantitative estimate of drug-likeness (QED) is 0.909. The van der Waals surface area contributed by atoms with Crippen molar-refractivity contribution in [1.82, 2.24) is 10.2 Å². The number of hydrogen-bond acceptors (Lipinski definition) is 2. The van der Waals surface area contributed by atoms with Crippen LogP contribution in [0.25, 0.3) is 0 Å². The van der Waals surface area contributed by atoms with E-state index < -0.39 is 0 Å². The molecule has 1 saturated heterocycles. The molecule has 2 rings (SSSR count). The molecule has 2 amide bonds. The molecule has 1 fully saturated rings. The normalized spacial score (nSPS) is 15.6. The van der Waals surface area contributed by atoms with E-state index in [4.69, 9.17) is 27.9 Å². The van der Waals surface area contributed by atoms with E-state index in [1.165, 1.54) is 0 Å². The Kier molecular flexibility index (Phi) is 4.69. The topological polar surface area (TPSA) is 41.6 Å². The first-order valence-corrected chi connectivity index (χ1v) is 6.47. The highest BCUT2D eigenvalue weighted by Crippen LogP contribution is 2.20. The Morgan fingerprint density at radius 3 is 2.72 bits per heavy atom. The zero-order valence-corrected chi connectivity index (χ0v) is 11.3. The molecule has 0 bridgehead atoms. The maximum atomic E-state index is 11.8. The number of amides is 2. The lowest BCUT2D eigenvalue weighted by Crippen LogP contribution is -2.45. The molecule has 1 heterocycles. The van der Waals surface area contributed by atoms with Crippen molar-refractivity contribution in [2.75, 3.05) is 26.3 Å². The van der Waals surface area contributed by atoms with Crippen molar-refractivity contribution in [2.45, 2.75) is 6.54 Å². The van der Waals surface area contributed by atoms with Crippen LogP contribution in [-0.4, -0.2) is 37.2 Å². The van der Waals surface area contributed by atoms with Gasteiger partial charge >= 0.3 is 6.03 Å². The van der Waals surface area contributed by atoms with Crippen LogP contribution in [0.2, 0.25) is 10.0 Å². The van der Waals surface area contributed by atoms with E-state index in [1.54, 1.807) is 17.0 Å².